The molecule has 0 atom stereocenters. The minimum atomic E-state index is -1.16. The Morgan fingerprint density at radius 3 is 2.35 bits per heavy atom. The van der Waals surface area contributed by atoms with Gasteiger partial charge in [0.1, 0.15) is 0 Å². The van der Waals surface area contributed by atoms with Gasteiger partial charge in [0.15, 0.2) is 0 Å². The second-order valence-corrected chi connectivity index (χ2v) is 3.80. The first-order valence-electron chi connectivity index (χ1n) is 5.81. The number of hydrogen-bond acceptors (Lipinski definition) is 5. The Kier molecular flexibility index (Phi) is 5.08. The average Bonchev–Trinajstić information content (AvgIpc) is 2.40. The van der Waals surface area contributed by atoms with E-state index in [1.54, 1.807) is 6.92 Å². The van der Waals surface area contributed by atoms with E-state index < -0.39 is 18.0 Å². The number of ether oxygens (including phenoxy) is 2. The van der Waals surface area contributed by atoms with E-state index in [9.17, 15) is 14.4 Å². The maximum absolute atomic E-state index is 11.6. The van der Waals surface area contributed by atoms with Crippen molar-refractivity contribution in [3.05, 3.63) is 28.8 Å². The highest BCUT2D eigenvalue weighted by molar-refractivity contribution is 6.03. The molecule has 0 radical (unpaired) electrons. The van der Waals surface area contributed by atoms with Crippen molar-refractivity contribution in [2.24, 2.45) is 0 Å². The van der Waals surface area contributed by atoms with Gasteiger partial charge in [-0.25, -0.2) is 14.4 Å². The predicted molar refractivity (Wildman–Crippen MR) is 70.1 cm³/mol. The van der Waals surface area contributed by atoms with Gasteiger partial charge in [-0.1, -0.05) is 0 Å². The number of aromatic carboxylic acids is 1. The van der Waals surface area contributed by atoms with Crippen molar-refractivity contribution in [3.8, 4) is 0 Å². The number of anilines is 1. The molecule has 0 unspecified atom stereocenters. The first-order chi connectivity index (χ1) is 9.42. The van der Waals surface area contributed by atoms with Crippen molar-refractivity contribution in [1.82, 2.24) is 0 Å². The van der Waals surface area contributed by atoms with Gasteiger partial charge >= 0.3 is 18.0 Å². The number of methoxy groups -OCH3 is 1. The molecule has 1 rings (SSSR count). The Bertz CT molecular complexity index is 552. The fourth-order valence-electron chi connectivity index (χ4n) is 1.65. The molecule has 108 valence electrons. The zero-order chi connectivity index (χ0) is 15.3. The minimum Gasteiger partial charge on any atom is -0.478 e. The summed E-state index contributed by atoms with van der Waals surface area (Å²) in [5.74, 6) is -1.84. The fraction of sp³-hybridized carbons (Fsp3) is 0.308. The maximum atomic E-state index is 11.6. The van der Waals surface area contributed by atoms with Crippen LogP contribution in [-0.2, 0) is 9.47 Å². The maximum Gasteiger partial charge on any atom is 0.411 e. The van der Waals surface area contributed by atoms with Crippen LogP contribution in [0.5, 0.6) is 0 Å². The van der Waals surface area contributed by atoms with E-state index in [0.29, 0.717) is 0 Å². The molecule has 2 N–H and O–H groups in total. The zero-order valence-corrected chi connectivity index (χ0v) is 11.4. The molecule has 7 heteroatoms. The van der Waals surface area contributed by atoms with Crippen LogP contribution in [0.15, 0.2) is 12.1 Å². The van der Waals surface area contributed by atoms with Gasteiger partial charge in [0, 0.05) is 0 Å². The molecule has 0 aliphatic carbocycles. The van der Waals surface area contributed by atoms with E-state index in [2.05, 4.69) is 10.1 Å². The third-order valence-electron chi connectivity index (χ3n) is 2.60. The third kappa shape index (κ3) is 3.25. The number of carboxylic acids is 1. The first kappa shape index (κ1) is 15.5. The Hall–Kier alpha value is -2.57. The van der Waals surface area contributed by atoms with Crippen LogP contribution in [0, 0.1) is 6.92 Å². The second kappa shape index (κ2) is 6.55. The molecule has 1 aromatic carbocycles. The summed E-state index contributed by atoms with van der Waals surface area (Å²) < 4.78 is 9.32. The molecule has 0 heterocycles. The van der Waals surface area contributed by atoms with E-state index >= 15 is 0 Å². The van der Waals surface area contributed by atoms with Gasteiger partial charge in [-0.2, -0.15) is 0 Å². The van der Waals surface area contributed by atoms with E-state index in [1.165, 1.54) is 26.2 Å². The van der Waals surface area contributed by atoms with Crippen molar-refractivity contribution in [3.63, 3.8) is 0 Å². The quantitative estimate of drug-likeness (QED) is 0.819. The number of amides is 1. The molecular formula is C13H15NO6. The van der Waals surface area contributed by atoms with Gasteiger partial charge in [0.25, 0.3) is 0 Å². The van der Waals surface area contributed by atoms with Crippen LogP contribution < -0.4 is 5.32 Å². The van der Waals surface area contributed by atoms with Gasteiger partial charge in [0.05, 0.1) is 30.5 Å². The van der Waals surface area contributed by atoms with Crippen molar-refractivity contribution in [2.45, 2.75) is 13.8 Å². The number of hydrogen-bond donors (Lipinski definition) is 2. The largest absolute Gasteiger partial charge is 0.478 e. The number of carbonyl (C=O) groups excluding carboxylic acids is 2. The molecule has 0 aliphatic heterocycles. The first-order valence-corrected chi connectivity index (χ1v) is 5.81. The van der Waals surface area contributed by atoms with Crippen molar-refractivity contribution in [2.75, 3.05) is 19.0 Å². The summed E-state index contributed by atoms with van der Waals surface area (Å²) in [5, 5.41) is 11.4. The monoisotopic (exact) mass is 281 g/mol. The van der Waals surface area contributed by atoms with Crippen LogP contribution >= 0.6 is 0 Å². The third-order valence-corrected chi connectivity index (χ3v) is 2.60. The lowest BCUT2D eigenvalue weighted by molar-refractivity contribution is 0.0599. The number of benzene rings is 1. The normalized spacial score (nSPS) is 9.75. The molecule has 1 amide bonds. The highest BCUT2D eigenvalue weighted by Crippen LogP contribution is 2.25. The van der Waals surface area contributed by atoms with Crippen LogP contribution in [0.4, 0.5) is 10.5 Å². The van der Waals surface area contributed by atoms with Crippen LogP contribution in [0.2, 0.25) is 0 Å². The fourth-order valence-corrected chi connectivity index (χ4v) is 1.65. The number of rotatable bonds is 4. The molecule has 0 aromatic heterocycles. The second-order valence-electron chi connectivity index (χ2n) is 3.80. The summed E-state index contributed by atoms with van der Waals surface area (Å²) in [7, 11) is 1.19. The molecule has 0 spiro atoms. The molecule has 0 fully saturated rings. The molecule has 0 bridgehead atoms. The Labute approximate surface area is 115 Å². The summed E-state index contributed by atoms with van der Waals surface area (Å²) in [6.45, 7) is 3.26. The molecule has 20 heavy (non-hydrogen) atoms. The van der Waals surface area contributed by atoms with Gasteiger partial charge < -0.3 is 14.6 Å². The topological polar surface area (TPSA) is 102 Å². The van der Waals surface area contributed by atoms with E-state index in [-0.39, 0.29) is 29.0 Å². The summed E-state index contributed by atoms with van der Waals surface area (Å²) in [6.07, 6.45) is -0.775. The summed E-state index contributed by atoms with van der Waals surface area (Å²) >= 11 is 0. The van der Waals surface area contributed by atoms with E-state index in [1.807, 2.05) is 0 Å². The van der Waals surface area contributed by atoms with E-state index in [0.717, 1.165) is 0 Å². The van der Waals surface area contributed by atoms with Gasteiger partial charge in [-0.05, 0) is 31.5 Å². The van der Waals surface area contributed by atoms with Crippen molar-refractivity contribution >= 4 is 23.7 Å². The molecule has 0 saturated carbocycles. The average molecular weight is 281 g/mol. The molecule has 0 saturated heterocycles. The molecular weight excluding hydrogens is 266 g/mol. The van der Waals surface area contributed by atoms with Crippen LogP contribution in [0.3, 0.4) is 0 Å². The molecule has 1 aromatic rings. The number of nitrogens with one attached hydrogen (secondary N) is 1. The van der Waals surface area contributed by atoms with Crippen LogP contribution in [0.25, 0.3) is 0 Å². The highest BCUT2D eigenvalue weighted by Gasteiger charge is 2.21. The SMILES string of the molecule is CCOC(=O)Nc1c(C(=O)OC)ccc(C(=O)O)c1C. The number of carboxylic acid groups (broad SMARTS) is 1. The summed E-state index contributed by atoms with van der Waals surface area (Å²) in [4.78, 5) is 34.2. The lowest BCUT2D eigenvalue weighted by Crippen LogP contribution is -2.18. The summed E-state index contributed by atoms with van der Waals surface area (Å²) in [6, 6.07) is 2.56. The lowest BCUT2D eigenvalue weighted by atomic mass is 10.0. The lowest BCUT2D eigenvalue weighted by Gasteiger charge is -2.14. The number of carbonyl (C=O) groups is 3. The predicted octanol–water partition coefficient (Wildman–Crippen LogP) is 2.05. The molecule has 0 aliphatic rings. The smallest absolute Gasteiger partial charge is 0.411 e. The minimum absolute atomic E-state index is 0.0237. The Morgan fingerprint density at radius 2 is 1.85 bits per heavy atom. The Balaban J connectivity index is 3.33. The van der Waals surface area contributed by atoms with Crippen LogP contribution in [-0.4, -0.2) is 36.9 Å². The van der Waals surface area contributed by atoms with E-state index in [4.69, 9.17) is 9.84 Å². The van der Waals surface area contributed by atoms with Gasteiger partial charge in [-0.3, -0.25) is 5.32 Å². The van der Waals surface area contributed by atoms with Gasteiger partial charge in [-0.15, -0.1) is 0 Å². The van der Waals surface area contributed by atoms with Crippen molar-refractivity contribution < 1.29 is 29.0 Å². The standard InChI is InChI=1S/C13H15NO6/c1-4-20-13(18)14-10-7(2)8(11(15)16)5-6-9(10)12(17)19-3/h5-6H,4H2,1-3H3,(H,14,18)(H,15,16). The Morgan fingerprint density at radius 1 is 1.25 bits per heavy atom. The zero-order valence-electron chi connectivity index (χ0n) is 11.4. The summed E-state index contributed by atoms with van der Waals surface area (Å²) in [5.41, 5.74) is 0.344. The molecule has 7 nitrogen and oxygen atoms in total. The highest BCUT2D eigenvalue weighted by atomic mass is 16.5. The number of esters is 1. The van der Waals surface area contributed by atoms with Crippen LogP contribution in [0.1, 0.15) is 33.2 Å². The van der Waals surface area contributed by atoms with Gasteiger partial charge in [0.2, 0.25) is 0 Å². The van der Waals surface area contributed by atoms with Crippen molar-refractivity contribution in [1.29, 1.82) is 0 Å².